The third kappa shape index (κ3) is 4.30. The van der Waals surface area contributed by atoms with E-state index in [0.717, 1.165) is 5.56 Å². The molecule has 1 rings (SSSR count). The SMILES string of the molecule is CC(C)c1ccc(C=CCCC(=O)O)cc1. The molecule has 2 heteroatoms. The first kappa shape index (κ1) is 12.5. The largest absolute Gasteiger partial charge is 0.481 e. The van der Waals surface area contributed by atoms with E-state index in [4.69, 9.17) is 5.11 Å². The maximum atomic E-state index is 10.3. The van der Waals surface area contributed by atoms with Crippen molar-refractivity contribution in [3.63, 3.8) is 0 Å². The van der Waals surface area contributed by atoms with Crippen LogP contribution in [-0.4, -0.2) is 11.1 Å². The third-order valence-electron chi connectivity index (χ3n) is 2.44. The van der Waals surface area contributed by atoms with E-state index in [2.05, 4.69) is 38.1 Å². The average Bonchev–Trinajstić information content (AvgIpc) is 2.25. The minimum absolute atomic E-state index is 0.195. The zero-order chi connectivity index (χ0) is 12.0. The van der Waals surface area contributed by atoms with E-state index in [0.29, 0.717) is 12.3 Å². The van der Waals surface area contributed by atoms with E-state index >= 15 is 0 Å². The summed E-state index contributed by atoms with van der Waals surface area (Å²) < 4.78 is 0. The van der Waals surface area contributed by atoms with Gasteiger partial charge in [0.05, 0.1) is 0 Å². The molecule has 2 nitrogen and oxygen atoms in total. The van der Waals surface area contributed by atoms with Gasteiger partial charge in [-0.15, -0.1) is 0 Å². The Morgan fingerprint density at radius 1 is 1.31 bits per heavy atom. The number of hydrogen-bond acceptors (Lipinski definition) is 1. The number of rotatable bonds is 5. The van der Waals surface area contributed by atoms with Gasteiger partial charge in [-0.25, -0.2) is 0 Å². The molecule has 0 saturated carbocycles. The van der Waals surface area contributed by atoms with E-state index in [-0.39, 0.29) is 6.42 Å². The van der Waals surface area contributed by atoms with Crippen LogP contribution in [0, 0.1) is 0 Å². The summed E-state index contributed by atoms with van der Waals surface area (Å²) in [5.41, 5.74) is 2.44. The third-order valence-corrected chi connectivity index (χ3v) is 2.44. The van der Waals surface area contributed by atoms with E-state index in [1.165, 1.54) is 5.56 Å². The number of carboxylic acids is 1. The van der Waals surface area contributed by atoms with Crippen molar-refractivity contribution in [3.8, 4) is 0 Å². The quantitative estimate of drug-likeness (QED) is 0.818. The van der Waals surface area contributed by atoms with Gasteiger partial charge in [-0.2, -0.15) is 0 Å². The minimum Gasteiger partial charge on any atom is -0.481 e. The topological polar surface area (TPSA) is 37.3 Å². The second kappa shape index (κ2) is 6.11. The van der Waals surface area contributed by atoms with Crippen molar-refractivity contribution in [2.24, 2.45) is 0 Å². The summed E-state index contributed by atoms with van der Waals surface area (Å²) in [5, 5.41) is 8.47. The van der Waals surface area contributed by atoms with Crippen LogP contribution in [0.4, 0.5) is 0 Å². The lowest BCUT2D eigenvalue weighted by molar-refractivity contribution is -0.136. The predicted molar refractivity (Wildman–Crippen MR) is 66.4 cm³/mol. The van der Waals surface area contributed by atoms with Gasteiger partial charge in [0, 0.05) is 6.42 Å². The zero-order valence-electron chi connectivity index (χ0n) is 9.81. The summed E-state index contributed by atoms with van der Waals surface area (Å²) in [4.78, 5) is 10.3. The van der Waals surface area contributed by atoms with Crippen LogP contribution in [0.5, 0.6) is 0 Å². The Hall–Kier alpha value is -1.57. The van der Waals surface area contributed by atoms with Gasteiger partial charge in [-0.05, 0) is 23.5 Å². The van der Waals surface area contributed by atoms with Crippen molar-refractivity contribution in [2.45, 2.75) is 32.6 Å². The summed E-state index contributed by atoms with van der Waals surface area (Å²) in [6.07, 6.45) is 4.65. The molecule has 1 aromatic rings. The standard InChI is InChI=1S/C14H18O2/c1-11(2)13-9-7-12(8-10-13)5-3-4-6-14(15)16/h3,5,7-11H,4,6H2,1-2H3,(H,15,16). The molecule has 16 heavy (non-hydrogen) atoms. The highest BCUT2D eigenvalue weighted by Gasteiger charge is 1.97. The second-order valence-corrected chi connectivity index (χ2v) is 4.16. The first-order chi connectivity index (χ1) is 7.59. The van der Waals surface area contributed by atoms with Crippen molar-refractivity contribution in [1.82, 2.24) is 0 Å². The molecule has 0 heterocycles. The highest BCUT2D eigenvalue weighted by molar-refractivity contribution is 5.67. The van der Waals surface area contributed by atoms with Crippen LogP contribution in [0.3, 0.4) is 0 Å². The summed E-state index contributed by atoms with van der Waals surface area (Å²) in [6, 6.07) is 8.35. The number of carbonyl (C=O) groups is 1. The van der Waals surface area contributed by atoms with Crippen molar-refractivity contribution in [3.05, 3.63) is 41.5 Å². The van der Waals surface area contributed by atoms with Gasteiger partial charge in [0.2, 0.25) is 0 Å². The molecule has 1 aromatic carbocycles. The van der Waals surface area contributed by atoms with Crippen molar-refractivity contribution < 1.29 is 9.90 Å². The molecule has 0 spiro atoms. The maximum Gasteiger partial charge on any atom is 0.303 e. The molecular formula is C14H18O2. The molecule has 0 aliphatic heterocycles. The molecule has 0 bridgehead atoms. The smallest absolute Gasteiger partial charge is 0.303 e. The van der Waals surface area contributed by atoms with E-state index in [1.54, 1.807) is 0 Å². The Kier molecular flexibility index (Phi) is 4.77. The molecule has 0 fully saturated rings. The Labute approximate surface area is 96.6 Å². The van der Waals surface area contributed by atoms with E-state index in [9.17, 15) is 4.79 Å². The number of benzene rings is 1. The van der Waals surface area contributed by atoms with E-state index in [1.807, 2.05) is 12.2 Å². The fraction of sp³-hybridized carbons (Fsp3) is 0.357. The monoisotopic (exact) mass is 218 g/mol. The summed E-state index contributed by atoms with van der Waals surface area (Å²) in [7, 11) is 0. The Morgan fingerprint density at radius 3 is 2.44 bits per heavy atom. The predicted octanol–water partition coefficient (Wildman–Crippen LogP) is 3.69. The molecule has 0 amide bonds. The second-order valence-electron chi connectivity index (χ2n) is 4.16. The number of hydrogen-bond donors (Lipinski definition) is 1. The van der Waals surface area contributed by atoms with Gasteiger partial charge < -0.3 is 5.11 Å². The molecule has 0 aromatic heterocycles. The maximum absolute atomic E-state index is 10.3. The lowest BCUT2D eigenvalue weighted by Gasteiger charge is -2.04. The fourth-order valence-electron chi connectivity index (χ4n) is 1.42. The van der Waals surface area contributed by atoms with Crippen LogP contribution in [-0.2, 0) is 4.79 Å². The Balaban J connectivity index is 2.51. The molecule has 0 atom stereocenters. The lowest BCUT2D eigenvalue weighted by Crippen LogP contribution is -1.91. The Bertz CT molecular complexity index is 361. The van der Waals surface area contributed by atoms with E-state index < -0.39 is 5.97 Å². The van der Waals surface area contributed by atoms with Gasteiger partial charge in [0.1, 0.15) is 0 Å². The van der Waals surface area contributed by atoms with Crippen LogP contribution >= 0.6 is 0 Å². The fourth-order valence-corrected chi connectivity index (χ4v) is 1.42. The molecule has 86 valence electrons. The molecule has 1 N–H and O–H groups in total. The van der Waals surface area contributed by atoms with Crippen LogP contribution in [0.25, 0.3) is 6.08 Å². The van der Waals surface area contributed by atoms with Gasteiger partial charge in [-0.1, -0.05) is 50.3 Å². The molecule has 0 aliphatic rings. The van der Waals surface area contributed by atoms with Crippen LogP contribution in [0.15, 0.2) is 30.3 Å². The number of carboxylic acid groups (broad SMARTS) is 1. The average molecular weight is 218 g/mol. The molecule has 0 aliphatic carbocycles. The van der Waals surface area contributed by atoms with Gasteiger partial charge in [-0.3, -0.25) is 4.79 Å². The molecular weight excluding hydrogens is 200 g/mol. The van der Waals surface area contributed by atoms with Crippen molar-refractivity contribution >= 4 is 12.0 Å². The zero-order valence-corrected chi connectivity index (χ0v) is 9.81. The number of allylic oxidation sites excluding steroid dienone is 1. The minimum atomic E-state index is -0.750. The van der Waals surface area contributed by atoms with Crippen LogP contribution < -0.4 is 0 Å². The number of aliphatic carboxylic acids is 1. The normalized spacial score (nSPS) is 11.2. The lowest BCUT2D eigenvalue weighted by atomic mass is 10.0. The molecule has 0 saturated heterocycles. The summed E-state index contributed by atoms with van der Waals surface area (Å²) in [5.74, 6) is -0.204. The summed E-state index contributed by atoms with van der Waals surface area (Å²) in [6.45, 7) is 4.33. The van der Waals surface area contributed by atoms with Gasteiger partial charge in [0.15, 0.2) is 0 Å². The highest BCUT2D eigenvalue weighted by atomic mass is 16.4. The van der Waals surface area contributed by atoms with Crippen molar-refractivity contribution in [2.75, 3.05) is 0 Å². The Morgan fingerprint density at radius 2 is 1.94 bits per heavy atom. The highest BCUT2D eigenvalue weighted by Crippen LogP contribution is 2.15. The van der Waals surface area contributed by atoms with Crippen molar-refractivity contribution in [1.29, 1.82) is 0 Å². The molecule has 0 unspecified atom stereocenters. The van der Waals surface area contributed by atoms with Crippen LogP contribution in [0.2, 0.25) is 0 Å². The first-order valence-electron chi connectivity index (χ1n) is 5.58. The first-order valence-corrected chi connectivity index (χ1v) is 5.58. The summed E-state index contributed by atoms with van der Waals surface area (Å²) >= 11 is 0. The molecule has 0 radical (unpaired) electrons. The van der Waals surface area contributed by atoms with Gasteiger partial charge in [0.25, 0.3) is 0 Å². The van der Waals surface area contributed by atoms with Crippen LogP contribution in [0.1, 0.15) is 43.7 Å². The van der Waals surface area contributed by atoms with Gasteiger partial charge >= 0.3 is 5.97 Å².